The van der Waals surface area contributed by atoms with Gasteiger partial charge in [-0.1, -0.05) is 19.8 Å². The Balaban J connectivity index is 1.51. The van der Waals surface area contributed by atoms with Gasteiger partial charge in [0.1, 0.15) is 6.10 Å². The van der Waals surface area contributed by atoms with Crippen LogP contribution in [0.15, 0.2) is 0 Å². The van der Waals surface area contributed by atoms with Crippen molar-refractivity contribution in [3.63, 3.8) is 0 Å². The van der Waals surface area contributed by atoms with Gasteiger partial charge in [-0.15, -0.1) is 0 Å². The van der Waals surface area contributed by atoms with E-state index in [1.165, 1.54) is 12.8 Å². The van der Waals surface area contributed by atoms with Gasteiger partial charge >= 0.3 is 11.9 Å². The van der Waals surface area contributed by atoms with E-state index in [0.717, 1.165) is 32.1 Å². The van der Waals surface area contributed by atoms with E-state index in [2.05, 4.69) is 6.92 Å². The van der Waals surface area contributed by atoms with Crippen LogP contribution in [-0.4, -0.2) is 24.6 Å². The molecule has 1 spiro atoms. The highest BCUT2D eigenvalue weighted by molar-refractivity contribution is 5.84. The van der Waals surface area contributed by atoms with Crippen LogP contribution in [-0.2, 0) is 19.1 Å². The van der Waals surface area contributed by atoms with Crippen LogP contribution in [0.1, 0.15) is 58.8 Å². The number of hydrogen-bond acceptors (Lipinski definition) is 4. The highest BCUT2D eigenvalue weighted by Gasteiger charge is 2.69. The molecular formula is C16H24O4. The summed E-state index contributed by atoms with van der Waals surface area (Å²) in [6, 6.07) is 0. The summed E-state index contributed by atoms with van der Waals surface area (Å²) < 4.78 is 10.3. The molecule has 3 atom stereocenters. The number of hydrogen-bond donors (Lipinski definition) is 0. The van der Waals surface area contributed by atoms with Gasteiger partial charge in [-0.25, -0.2) is 4.79 Å². The summed E-state index contributed by atoms with van der Waals surface area (Å²) in [5.74, 6) is 0.0775. The minimum Gasteiger partial charge on any atom is -0.460 e. The summed E-state index contributed by atoms with van der Waals surface area (Å²) in [4.78, 5) is 23.7. The van der Waals surface area contributed by atoms with E-state index in [9.17, 15) is 9.59 Å². The summed E-state index contributed by atoms with van der Waals surface area (Å²) in [5.41, 5.74) is -0.232. The Labute approximate surface area is 120 Å². The number of rotatable bonds is 4. The zero-order chi connectivity index (χ0) is 14.4. The van der Waals surface area contributed by atoms with Crippen molar-refractivity contribution in [1.29, 1.82) is 0 Å². The topological polar surface area (TPSA) is 52.6 Å². The van der Waals surface area contributed by atoms with Crippen molar-refractivity contribution < 1.29 is 19.1 Å². The first-order valence-corrected chi connectivity index (χ1v) is 7.82. The van der Waals surface area contributed by atoms with Crippen molar-refractivity contribution in [3.8, 4) is 0 Å². The molecule has 3 unspecified atom stereocenters. The predicted molar refractivity (Wildman–Crippen MR) is 72.9 cm³/mol. The van der Waals surface area contributed by atoms with Gasteiger partial charge in [-0.05, 0) is 50.4 Å². The predicted octanol–water partition coefficient (Wildman–Crippen LogP) is 2.84. The van der Waals surface area contributed by atoms with Crippen molar-refractivity contribution >= 4 is 11.9 Å². The Hall–Kier alpha value is -1.06. The van der Waals surface area contributed by atoms with Crippen molar-refractivity contribution in [2.75, 3.05) is 6.61 Å². The lowest BCUT2D eigenvalue weighted by atomic mass is 9.75. The molecule has 4 nitrogen and oxygen atoms in total. The van der Waals surface area contributed by atoms with Gasteiger partial charge in [0.15, 0.2) is 6.61 Å². The van der Waals surface area contributed by atoms with Crippen LogP contribution in [0, 0.1) is 16.7 Å². The largest absolute Gasteiger partial charge is 0.460 e. The van der Waals surface area contributed by atoms with E-state index in [1.54, 1.807) is 0 Å². The number of carbonyl (C=O) groups excluding carboxylic acids is 2. The Bertz CT molecular complexity index is 428. The van der Waals surface area contributed by atoms with Crippen molar-refractivity contribution in [2.45, 2.75) is 64.9 Å². The molecule has 0 saturated heterocycles. The molecule has 20 heavy (non-hydrogen) atoms. The third kappa shape index (κ3) is 2.45. The third-order valence-electron chi connectivity index (χ3n) is 5.42. The standard InChI is InChI=1S/C16H24O4/c1-11-4-3-7-16(8-11)10-15(16,2)14(18)19-9-13(17)20-12-5-6-12/h11-12H,3-10H2,1-2H3. The summed E-state index contributed by atoms with van der Waals surface area (Å²) in [7, 11) is 0. The first-order chi connectivity index (χ1) is 9.45. The maximum Gasteiger partial charge on any atom is 0.344 e. The average molecular weight is 280 g/mol. The summed E-state index contributed by atoms with van der Waals surface area (Å²) in [6.45, 7) is 4.04. The van der Waals surface area contributed by atoms with Crippen molar-refractivity contribution in [3.05, 3.63) is 0 Å². The van der Waals surface area contributed by atoms with Crippen molar-refractivity contribution in [2.24, 2.45) is 16.7 Å². The molecule has 0 N–H and O–H groups in total. The molecule has 3 aliphatic carbocycles. The molecular weight excluding hydrogens is 256 g/mol. The fraction of sp³-hybridized carbons (Fsp3) is 0.875. The lowest BCUT2D eigenvalue weighted by Gasteiger charge is -2.30. The molecule has 112 valence electrons. The van der Waals surface area contributed by atoms with Crippen LogP contribution in [0.25, 0.3) is 0 Å². The Morgan fingerprint density at radius 1 is 1.25 bits per heavy atom. The minimum atomic E-state index is -0.406. The molecule has 3 aliphatic rings. The molecule has 0 aliphatic heterocycles. The molecule has 0 aromatic carbocycles. The van der Waals surface area contributed by atoms with Crippen LogP contribution in [0.4, 0.5) is 0 Å². The van der Waals surface area contributed by atoms with E-state index in [0.29, 0.717) is 5.92 Å². The lowest BCUT2D eigenvalue weighted by Crippen LogP contribution is -2.29. The Morgan fingerprint density at radius 2 is 2.00 bits per heavy atom. The van der Waals surface area contributed by atoms with E-state index < -0.39 is 5.97 Å². The second-order valence-corrected chi connectivity index (χ2v) is 7.26. The zero-order valence-corrected chi connectivity index (χ0v) is 12.4. The van der Waals surface area contributed by atoms with Crippen LogP contribution in [0.2, 0.25) is 0 Å². The van der Waals surface area contributed by atoms with Gasteiger partial charge in [-0.3, -0.25) is 4.79 Å². The van der Waals surface area contributed by atoms with E-state index in [-0.39, 0.29) is 29.5 Å². The highest BCUT2D eigenvalue weighted by Crippen LogP contribution is 2.71. The fourth-order valence-electron chi connectivity index (χ4n) is 3.93. The highest BCUT2D eigenvalue weighted by atomic mass is 16.6. The summed E-state index contributed by atoms with van der Waals surface area (Å²) >= 11 is 0. The molecule has 3 saturated carbocycles. The van der Waals surface area contributed by atoms with Gasteiger partial charge < -0.3 is 9.47 Å². The number of esters is 2. The first-order valence-electron chi connectivity index (χ1n) is 7.82. The molecule has 0 radical (unpaired) electrons. The summed E-state index contributed by atoms with van der Waals surface area (Å²) in [6.07, 6.45) is 7.58. The molecule has 0 aromatic rings. The maximum atomic E-state index is 12.3. The molecule has 4 heteroatoms. The van der Waals surface area contributed by atoms with Gasteiger partial charge in [-0.2, -0.15) is 0 Å². The zero-order valence-electron chi connectivity index (χ0n) is 12.4. The van der Waals surface area contributed by atoms with E-state index >= 15 is 0 Å². The molecule has 3 fully saturated rings. The minimum absolute atomic E-state index is 0.0725. The first kappa shape index (κ1) is 13.9. The quantitative estimate of drug-likeness (QED) is 0.743. The number of carbonyl (C=O) groups is 2. The van der Waals surface area contributed by atoms with E-state index in [4.69, 9.17) is 9.47 Å². The molecule has 0 aromatic heterocycles. The van der Waals surface area contributed by atoms with Gasteiger partial charge in [0.25, 0.3) is 0 Å². The molecule has 3 rings (SSSR count). The van der Waals surface area contributed by atoms with Crippen LogP contribution < -0.4 is 0 Å². The van der Waals surface area contributed by atoms with E-state index in [1.807, 2.05) is 6.92 Å². The van der Waals surface area contributed by atoms with Gasteiger partial charge in [0.2, 0.25) is 0 Å². The third-order valence-corrected chi connectivity index (χ3v) is 5.42. The maximum absolute atomic E-state index is 12.3. The SMILES string of the molecule is CC1CCCC2(C1)CC2(C)C(=O)OCC(=O)OC1CC1. The monoisotopic (exact) mass is 280 g/mol. The van der Waals surface area contributed by atoms with Crippen LogP contribution in [0.5, 0.6) is 0 Å². The molecule has 0 heterocycles. The molecule has 0 bridgehead atoms. The Morgan fingerprint density at radius 3 is 2.65 bits per heavy atom. The van der Waals surface area contributed by atoms with Crippen LogP contribution >= 0.6 is 0 Å². The fourth-order valence-corrected chi connectivity index (χ4v) is 3.93. The lowest BCUT2D eigenvalue weighted by molar-refractivity contribution is -0.163. The smallest absolute Gasteiger partial charge is 0.344 e. The summed E-state index contributed by atoms with van der Waals surface area (Å²) in [5, 5.41) is 0. The van der Waals surface area contributed by atoms with Crippen molar-refractivity contribution in [1.82, 2.24) is 0 Å². The number of ether oxygens (including phenoxy) is 2. The van der Waals surface area contributed by atoms with Gasteiger partial charge in [0.05, 0.1) is 5.41 Å². The Kier molecular flexibility index (Phi) is 3.30. The van der Waals surface area contributed by atoms with Crippen LogP contribution in [0.3, 0.4) is 0 Å². The molecule has 0 amide bonds. The normalized spacial score (nSPS) is 39.4. The second kappa shape index (κ2) is 4.74. The average Bonchev–Trinajstić information content (AvgIpc) is 3.27. The second-order valence-electron chi connectivity index (χ2n) is 7.26. The van der Waals surface area contributed by atoms with Gasteiger partial charge in [0, 0.05) is 0 Å².